The molecule has 0 aliphatic carbocycles. The van der Waals surface area contributed by atoms with E-state index in [1.165, 1.54) is 12.1 Å². The standard InChI is InChI=1S/C22H35FN4O4/c1-7-24-19(26-13-22(5,6)27-20(28)31-21(2,3)4)25-9-8-15-10-17(23)11-16-12-29-14-30-18(15)16/h10-11H,7-9,12-14H2,1-6H3,(H,27,28)(H2,24,25,26). The Hall–Kier alpha value is -2.55. The molecule has 0 spiro atoms. The van der Waals surface area contributed by atoms with E-state index in [0.717, 1.165) is 11.1 Å². The van der Waals surface area contributed by atoms with Crippen molar-refractivity contribution in [2.75, 3.05) is 26.4 Å². The minimum atomic E-state index is -0.597. The summed E-state index contributed by atoms with van der Waals surface area (Å²) >= 11 is 0. The molecule has 1 aromatic carbocycles. The van der Waals surface area contributed by atoms with E-state index in [0.29, 0.717) is 44.4 Å². The maximum atomic E-state index is 13.9. The Bertz CT molecular complexity index is 790. The van der Waals surface area contributed by atoms with Gasteiger partial charge in [-0.05, 0) is 65.7 Å². The second-order valence-electron chi connectivity index (χ2n) is 9.05. The second-order valence-corrected chi connectivity index (χ2v) is 9.05. The first-order valence-electron chi connectivity index (χ1n) is 10.5. The topological polar surface area (TPSA) is 93.2 Å². The third-order valence-corrected chi connectivity index (χ3v) is 4.25. The van der Waals surface area contributed by atoms with E-state index in [-0.39, 0.29) is 12.6 Å². The summed E-state index contributed by atoms with van der Waals surface area (Å²) in [5.74, 6) is 0.994. The van der Waals surface area contributed by atoms with Crippen LogP contribution in [0.15, 0.2) is 17.1 Å². The number of benzene rings is 1. The number of fused-ring (bicyclic) bond motifs is 1. The first kappa shape index (κ1) is 24.7. The molecule has 1 aliphatic rings. The van der Waals surface area contributed by atoms with Gasteiger partial charge in [-0.2, -0.15) is 0 Å². The zero-order chi connectivity index (χ0) is 23.1. The Kier molecular flexibility index (Phi) is 8.50. The maximum Gasteiger partial charge on any atom is 0.408 e. The monoisotopic (exact) mass is 438 g/mol. The number of amides is 1. The summed E-state index contributed by atoms with van der Waals surface area (Å²) in [5, 5.41) is 9.26. The minimum Gasteiger partial charge on any atom is -0.467 e. The summed E-state index contributed by atoms with van der Waals surface area (Å²) in [4.78, 5) is 16.6. The number of guanidine groups is 1. The number of alkyl carbamates (subject to hydrolysis) is 1. The molecule has 2 rings (SSSR count). The van der Waals surface area contributed by atoms with Crippen molar-refractivity contribution in [3.05, 3.63) is 29.1 Å². The molecule has 9 heteroatoms. The molecule has 8 nitrogen and oxygen atoms in total. The highest BCUT2D eigenvalue weighted by Gasteiger charge is 2.24. The number of aliphatic imine (C=N–C) groups is 1. The average molecular weight is 439 g/mol. The number of ether oxygens (including phenoxy) is 3. The third-order valence-electron chi connectivity index (χ3n) is 4.25. The quantitative estimate of drug-likeness (QED) is 0.448. The lowest BCUT2D eigenvalue weighted by Gasteiger charge is -2.27. The van der Waals surface area contributed by atoms with Crippen LogP contribution in [0.5, 0.6) is 5.75 Å². The number of halogens is 1. The third kappa shape index (κ3) is 8.61. The molecule has 0 atom stereocenters. The molecule has 0 saturated carbocycles. The van der Waals surface area contributed by atoms with Crippen molar-refractivity contribution < 1.29 is 23.4 Å². The maximum absolute atomic E-state index is 13.9. The van der Waals surface area contributed by atoms with Gasteiger partial charge in [0.15, 0.2) is 12.8 Å². The fraction of sp³-hybridized carbons (Fsp3) is 0.636. The lowest BCUT2D eigenvalue weighted by molar-refractivity contribution is -0.0172. The zero-order valence-corrected chi connectivity index (χ0v) is 19.4. The normalized spacial score (nSPS) is 14.4. The number of hydrogen-bond donors (Lipinski definition) is 3. The highest BCUT2D eigenvalue weighted by Crippen LogP contribution is 2.29. The van der Waals surface area contributed by atoms with E-state index in [2.05, 4.69) is 20.9 Å². The van der Waals surface area contributed by atoms with Gasteiger partial charge >= 0.3 is 6.09 Å². The Morgan fingerprint density at radius 3 is 2.65 bits per heavy atom. The van der Waals surface area contributed by atoms with Gasteiger partial charge in [0.05, 0.1) is 18.7 Å². The molecule has 31 heavy (non-hydrogen) atoms. The predicted molar refractivity (Wildman–Crippen MR) is 118 cm³/mol. The molecule has 1 aliphatic heterocycles. The number of hydrogen-bond acceptors (Lipinski definition) is 5. The smallest absolute Gasteiger partial charge is 0.408 e. The fourth-order valence-corrected chi connectivity index (χ4v) is 3.00. The fourth-order valence-electron chi connectivity index (χ4n) is 3.00. The molecule has 0 aromatic heterocycles. The molecule has 0 unspecified atom stereocenters. The van der Waals surface area contributed by atoms with Crippen LogP contribution in [0.1, 0.15) is 52.7 Å². The Labute approximate surface area is 183 Å². The van der Waals surface area contributed by atoms with E-state index < -0.39 is 17.2 Å². The summed E-state index contributed by atoms with van der Waals surface area (Å²) in [6.45, 7) is 13.3. The molecular formula is C22H35FN4O4. The van der Waals surface area contributed by atoms with Crippen LogP contribution in [0.2, 0.25) is 0 Å². The number of nitrogens with one attached hydrogen (secondary N) is 3. The molecule has 174 valence electrons. The summed E-state index contributed by atoms with van der Waals surface area (Å²) in [5.41, 5.74) is 0.344. The number of carbonyl (C=O) groups excluding carboxylic acids is 1. The summed E-state index contributed by atoms with van der Waals surface area (Å²) in [7, 11) is 0. The van der Waals surface area contributed by atoms with Gasteiger partial charge in [0, 0.05) is 18.7 Å². The molecule has 0 fully saturated rings. The molecule has 0 radical (unpaired) electrons. The molecule has 1 amide bonds. The largest absolute Gasteiger partial charge is 0.467 e. The number of nitrogens with zero attached hydrogens (tertiary/aromatic N) is 1. The molecule has 1 heterocycles. The first-order chi connectivity index (χ1) is 14.5. The van der Waals surface area contributed by atoms with Gasteiger partial charge in [-0.1, -0.05) is 0 Å². The Morgan fingerprint density at radius 1 is 1.23 bits per heavy atom. The van der Waals surface area contributed by atoms with Crippen LogP contribution in [-0.4, -0.2) is 49.6 Å². The van der Waals surface area contributed by atoms with Gasteiger partial charge in [0.1, 0.15) is 17.2 Å². The summed E-state index contributed by atoms with van der Waals surface area (Å²) in [6.07, 6.45) is 0.0786. The van der Waals surface area contributed by atoms with E-state index in [1.54, 1.807) is 0 Å². The van der Waals surface area contributed by atoms with Gasteiger partial charge in [0.2, 0.25) is 0 Å². The molecular weight excluding hydrogens is 403 g/mol. The number of rotatable bonds is 7. The molecule has 1 aromatic rings. The molecule has 0 bridgehead atoms. The first-order valence-corrected chi connectivity index (χ1v) is 10.5. The van der Waals surface area contributed by atoms with Crippen LogP contribution < -0.4 is 20.7 Å². The van der Waals surface area contributed by atoms with Crippen molar-refractivity contribution >= 4 is 12.1 Å². The second kappa shape index (κ2) is 10.7. The zero-order valence-electron chi connectivity index (χ0n) is 19.4. The van der Waals surface area contributed by atoms with Gasteiger partial charge in [0.25, 0.3) is 0 Å². The van der Waals surface area contributed by atoms with Crippen molar-refractivity contribution in [3.8, 4) is 5.75 Å². The highest BCUT2D eigenvalue weighted by molar-refractivity contribution is 5.79. The summed E-state index contributed by atoms with van der Waals surface area (Å²) in [6, 6.07) is 2.93. The molecule has 0 saturated heterocycles. The van der Waals surface area contributed by atoms with Crippen LogP contribution >= 0.6 is 0 Å². The Balaban J connectivity index is 1.94. The lowest BCUT2D eigenvalue weighted by Crippen LogP contribution is -2.49. The predicted octanol–water partition coefficient (Wildman–Crippen LogP) is 3.09. The Morgan fingerprint density at radius 2 is 1.97 bits per heavy atom. The van der Waals surface area contributed by atoms with Crippen molar-refractivity contribution in [1.82, 2.24) is 16.0 Å². The van der Waals surface area contributed by atoms with Gasteiger partial charge < -0.3 is 30.2 Å². The number of carbonyl (C=O) groups is 1. The van der Waals surface area contributed by atoms with Crippen molar-refractivity contribution in [2.24, 2.45) is 4.99 Å². The van der Waals surface area contributed by atoms with Gasteiger partial charge in [-0.15, -0.1) is 0 Å². The van der Waals surface area contributed by atoms with E-state index in [9.17, 15) is 9.18 Å². The van der Waals surface area contributed by atoms with E-state index in [4.69, 9.17) is 14.2 Å². The van der Waals surface area contributed by atoms with Crippen molar-refractivity contribution in [1.29, 1.82) is 0 Å². The summed E-state index contributed by atoms with van der Waals surface area (Å²) < 4.78 is 30.0. The van der Waals surface area contributed by atoms with Crippen LogP contribution in [0, 0.1) is 5.82 Å². The van der Waals surface area contributed by atoms with Crippen molar-refractivity contribution in [2.45, 2.75) is 65.7 Å². The molecule has 3 N–H and O–H groups in total. The van der Waals surface area contributed by atoms with Gasteiger partial charge in [-0.3, -0.25) is 4.99 Å². The lowest BCUT2D eigenvalue weighted by atomic mass is 10.1. The minimum absolute atomic E-state index is 0.170. The van der Waals surface area contributed by atoms with E-state index in [1.807, 2.05) is 41.5 Å². The van der Waals surface area contributed by atoms with Crippen LogP contribution in [0.4, 0.5) is 9.18 Å². The van der Waals surface area contributed by atoms with Gasteiger partial charge in [-0.25, -0.2) is 9.18 Å². The average Bonchev–Trinajstić information content (AvgIpc) is 2.64. The van der Waals surface area contributed by atoms with Crippen LogP contribution in [0.3, 0.4) is 0 Å². The highest BCUT2D eigenvalue weighted by atomic mass is 19.1. The van der Waals surface area contributed by atoms with Crippen molar-refractivity contribution in [3.63, 3.8) is 0 Å². The SMILES string of the molecule is CCNC(=NCC(C)(C)NC(=O)OC(C)(C)C)NCCc1cc(F)cc2c1OCOC2. The van der Waals surface area contributed by atoms with Crippen LogP contribution in [0.25, 0.3) is 0 Å². The van der Waals surface area contributed by atoms with E-state index >= 15 is 0 Å². The van der Waals surface area contributed by atoms with Crippen LogP contribution in [-0.2, 0) is 22.5 Å².